The van der Waals surface area contributed by atoms with Crippen molar-refractivity contribution in [3.63, 3.8) is 0 Å². The lowest BCUT2D eigenvalue weighted by atomic mass is 10.1. The van der Waals surface area contributed by atoms with Crippen LogP contribution in [0.15, 0.2) is 237 Å². The van der Waals surface area contributed by atoms with Crippen LogP contribution in [0.25, 0.3) is 82.9 Å². The number of aromatic carboxylic acids is 1. The molecule has 0 saturated heterocycles. The van der Waals surface area contributed by atoms with Gasteiger partial charge in [-0.05, 0) is 86.4 Å². The van der Waals surface area contributed by atoms with Crippen LogP contribution in [-0.4, -0.2) is 165 Å². The van der Waals surface area contributed by atoms with Gasteiger partial charge in [-0.3, -0.25) is 36.5 Å². The molecule has 0 atom stereocenters. The zero-order valence-electron chi connectivity index (χ0n) is 65.0. The Hall–Kier alpha value is -14.1. The molecule has 125 heavy (non-hydrogen) atoms. The molecule has 0 amide bonds. The average Bonchev–Trinajstić information content (AvgIpc) is 1.61. The number of hydrazone groups is 3. The average molecular weight is 1840 g/mol. The Morgan fingerprint density at radius 3 is 1.67 bits per heavy atom. The number of hydrogen-bond donors (Lipinski definition) is 9. The quantitative estimate of drug-likeness (QED) is 0.00843. The second-order valence-electron chi connectivity index (χ2n) is 26.7. The number of ether oxygens (including phenoxy) is 2. The number of carboxylic acids is 4. The van der Waals surface area contributed by atoms with Gasteiger partial charge in [0.05, 0.1) is 84.2 Å². The van der Waals surface area contributed by atoms with Crippen LogP contribution >= 0.6 is 91.8 Å². The van der Waals surface area contributed by atoms with Crippen LogP contribution in [0, 0.1) is 20.2 Å². The van der Waals surface area contributed by atoms with Crippen molar-refractivity contribution in [2.45, 2.75) is 26.0 Å². The van der Waals surface area contributed by atoms with Gasteiger partial charge in [-0.25, -0.2) is 48.5 Å². The van der Waals surface area contributed by atoms with Gasteiger partial charge in [0, 0.05) is 132 Å². The molecule has 0 bridgehead atoms. The minimum atomic E-state index is -1.29. The number of anilines is 3. The van der Waals surface area contributed by atoms with E-state index in [-0.39, 0.29) is 58.0 Å². The lowest BCUT2D eigenvalue weighted by molar-refractivity contribution is -0.385. The molecule has 9 N–H and O–H groups in total. The van der Waals surface area contributed by atoms with Crippen molar-refractivity contribution < 1.29 is 58.9 Å². The number of H-pyrrole nitrogens is 2. The monoisotopic (exact) mass is 1830 g/mol. The van der Waals surface area contributed by atoms with Crippen LogP contribution in [0.5, 0.6) is 5.75 Å². The Kier molecular flexibility index (Phi) is 29.6. The molecule has 0 spiro atoms. The summed E-state index contributed by atoms with van der Waals surface area (Å²) >= 11 is 29.2. The van der Waals surface area contributed by atoms with Gasteiger partial charge in [-0.1, -0.05) is 149 Å². The minimum Gasteiger partial charge on any atom is -0.492 e. The number of rotatable bonds is 31. The number of benzene rings is 8. The number of nitrogens with zero attached hydrogens (tertiary/aromatic N) is 15. The highest BCUT2D eigenvalue weighted by molar-refractivity contribution is 7.14. The number of nitro benzene ring substituents is 2. The van der Waals surface area contributed by atoms with E-state index in [9.17, 15) is 59.8 Å². The first-order chi connectivity index (χ1) is 60.4. The van der Waals surface area contributed by atoms with E-state index in [0.29, 0.717) is 101 Å². The molecule has 8 heterocycles. The lowest BCUT2D eigenvalue weighted by Crippen LogP contribution is -2.18. The number of halogens is 4. The van der Waals surface area contributed by atoms with Crippen molar-refractivity contribution in [3.8, 4) is 55.9 Å². The highest BCUT2D eigenvalue weighted by Gasteiger charge is 2.25. The third-order valence-electron chi connectivity index (χ3n) is 18.0. The number of aliphatic carboxylic acids is 3. The van der Waals surface area contributed by atoms with Crippen molar-refractivity contribution in [3.05, 3.63) is 290 Å². The molecule has 0 fully saturated rings. The zero-order valence-corrected chi connectivity index (χ0v) is 71.3. The molecule has 16 rings (SSSR count). The van der Waals surface area contributed by atoms with Gasteiger partial charge < -0.3 is 44.8 Å². The van der Waals surface area contributed by atoms with Crippen LogP contribution < -0.4 is 21.0 Å². The first-order valence-electron chi connectivity index (χ1n) is 36.9. The highest BCUT2D eigenvalue weighted by Crippen LogP contribution is 2.36. The fourth-order valence-electron chi connectivity index (χ4n) is 11.9. The van der Waals surface area contributed by atoms with Crippen LogP contribution in [0.4, 0.5) is 26.8 Å². The SMILES string of the molecule is CN(C)CCOCc1cn(CCOc2ccc(-c3csc(N/N=C(/Cc4ccccc4[N+](=O)[O-])C(=O)O)n3)cc2)nn1.O=C(O)/C(=N\Nc1nc(-c2ccc(Cl)c(Cl)c2)cs1)c1c[nH]c2ccccc12.O=C(O)/C(Cc1c[nH]c2ccccc12)=N\Nc1nc(-c2ccc(Cl)c(Cl)c2)cs1.O=C(O)c1nn(-c2nc(-c3ccccc3)cs2)c2ccc([N+](=O)[O-])cc12. The number of hydrogen-bond acceptors (Lipinski definition) is 28. The zero-order chi connectivity index (χ0) is 88.2. The molecule has 0 saturated carbocycles. The van der Waals surface area contributed by atoms with Crippen molar-refractivity contribution in [1.29, 1.82) is 0 Å². The molecule has 42 heteroatoms. The lowest BCUT2D eigenvalue weighted by Gasteiger charge is -2.08. The number of aromatic amines is 2. The van der Waals surface area contributed by atoms with E-state index >= 15 is 0 Å². The third kappa shape index (κ3) is 23.2. The molecular weight excluding hydrogens is 1770 g/mol. The van der Waals surface area contributed by atoms with Gasteiger partial charge in [0.1, 0.15) is 29.5 Å². The number of likely N-dealkylation sites (N-methyl/N-ethyl adjacent to an activating group) is 1. The number of nitrogens with one attached hydrogen (secondary N) is 5. The van der Waals surface area contributed by atoms with E-state index in [4.69, 9.17) is 55.9 Å². The predicted octanol–water partition coefficient (Wildman–Crippen LogP) is 18.5. The summed E-state index contributed by atoms with van der Waals surface area (Å²) < 4.78 is 14.5. The van der Waals surface area contributed by atoms with E-state index in [2.05, 4.69) is 76.9 Å². The summed E-state index contributed by atoms with van der Waals surface area (Å²) in [6.45, 7) is 2.82. The summed E-state index contributed by atoms with van der Waals surface area (Å²) in [7, 11) is 3.98. The van der Waals surface area contributed by atoms with Crippen LogP contribution in [0.2, 0.25) is 20.1 Å². The van der Waals surface area contributed by atoms with Crippen LogP contribution in [0.1, 0.15) is 32.9 Å². The Morgan fingerprint density at radius 2 is 1.08 bits per heavy atom. The summed E-state index contributed by atoms with van der Waals surface area (Å²) in [5, 5.41) is 97.6. The maximum Gasteiger partial charge on any atom is 0.357 e. The Labute approximate surface area is 743 Å². The first kappa shape index (κ1) is 88.7. The summed E-state index contributed by atoms with van der Waals surface area (Å²) in [4.78, 5) is 93.8. The number of aromatic nitrogens is 11. The molecule has 634 valence electrons. The van der Waals surface area contributed by atoms with Gasteiger partial charge in [0.15, 0.2) is 11.4 Å². The second kappa shape index (κ2) is 41.7. The summed E-state index contributed by atoms with van der Waals surface area (Å²) in [6.07, 6.45) is 5.22. The van der Waals surface area contributed by atoms with Gasteiger partial charge in [0.25, 0.3) is 11.4 Å². The van der Waals surface area contributed by atoms with E-state index in [1.165, 1.54) is 86.4 Å². The summed E-state index contributed by atoms with van der Waals surface area (Å²) in [5.74, 6) is -4.09. The van der Waals surface area contributed by atoms with Gasteiger partial charge in [-0.15, -0.1) is 50.4 Å². The van der Waals surface area contributed by atoms with E-state index in [1.807, 2.05) is 162 Å². The fourth-order valence-corrected chi connectivity index (χ4v) is 15.2. The summed E-state index contributed by atoms with van der Waals surface area (Å²) in [6, 6.07) is 52.5. The van der Waals surface area contributed by atoms with Gasteiger partial charge >= 0.3 is 23.9 Å². The molecule has 0 radical (unpaired) electrons. The highest BCUT2D eigenvalue weighted by atomic mass is 35.5. The van der Waals surface area contributed by atoms with E-state index in [1.54, 1.807) is 47.4 Å². The van der Waals surface area contributed by atoms with Crippen molar-refractivity contribution in [2.24, 2.45) is 15.3 Å². The minimum absolute atomic E-state index is 0.0129. The molecule has 0 aliphatic carbocycles. The number of carbonyl (C=O) groups is 4. The number of fused-ring (bicyclic) bond motifs is 3. The van der Waals surface area contributed by atoms with E-state index in [0.717, 1.165) is 67.6 Å². The number of nitro groups is 2. The molecule has 34 nitrogen and oxygen atoms in total. The maximum atomic E-state index is 11.7. The first-order valence-corrected chi connectivity index (χ1v) is 42.0. The van der Waals surface area contributed by atoms with Crippen LogP contribution in [-0.2, 0) is 45.1 Å². The fraction of sp³-hybridized carbons (Fsp3) is 0.108. The summed E-state index contributed by atoms with van der Waals surface area (Å²) in [5.41, 5.74) is 17.9. The van der Waals surface area contributed by atoms with Gasteiger partial charge in [-0.2, -0.15) is 20.4 Å². The van der Waals surface area contributed by atoms with Crippen LogP contribution in [0.3, 0.4) is 0 Å². The van der Waals surface area contributed by atoms with Crippen molar-refractivity contribution >= 4 is 192 Å². The Balaban J connectivity index is 0.000000146. The predicted molar refractivity (Wildman–Crippen MR) is 484 cm³/mol. The third-order valence-corrected chi connectivity index (χ3v) is 22.5. The molecule has 0 unspecified atom stereocenters. The number of non-ortho nitro benzene ring substituents is 1. The molecule has 0 aliphatic heterocycles. The normalized spacial score (nSPS) is 11.5. The molecule has 16 aromatic rings. The van der Waals surface area contributed by atoms with Crippen molar-refractivity contribution in [2.75, 3.05) is 50.1 Å². The standard InChI is InChI=1S/C27H30N8O6S.C20H14Cl2N4O2S.C19H12Cl2N4O2S.C17H10N4O4S/c1-33(2)11-13-40-17-21-16-34(32-29-21)12-14-41-22-9-7-19(8-10-22)24-18-42-27(28-24)31-30-23(26(36)37)15-20-5-3-4-6-25(20)35(38)39;21-14-6-5-11(7-15(14)22)18-10-29-20(24-18)26-25-17(19(27)28)8-12-9-23-16-4-2-1-3-13(12)16;20-13-6-5-10(7-14(13)21)16-9-28-19(23-16)25-24-17(18(26)27)12-8-22-15-4-2-1-3-11(12)15;22-16(23)15-12-8-11(21(24)25)6-7-14(12)20(19-15)17-18-13(9-26-17)10-4-2-1-3-5-10/h3-10,16,18H,11-15,17H2,1-2H3,(H,28,31)(H,36,37);1-7,9-10,23H,8H2,(H,24,26)(H,27,28);1-9,22H,(H,23,25)(H,26,27);1-9H,(H,22,23)/b30-23-;25-17-;24-17-;. The Bertz CT molecular complexity index is 6700. The van der Waals surface area contributed by atoms with E-state index < -0.39 is 33.7 Å². The molecule has 8 aromatic heterocycles. The number of para-hydroxylation sites is 3. The molecular formula is C83H66Cl4N20O14S4. The maximum absolute atomic E-state index is 11.7. The Morgan fingerprint density at radius 1 is 0.544 bits per heavy atom. The largest absolute Gasteiger partial charge is 0.492 e. The molecule has 0 aliphatic rings. The smallest absolute Gasteiger partial charge is 0.357 e. The number of thiazole rings is 4. The topological polar surface area (TPSA) is 462 Å². The van der Waals surface area contributed by atoms with Crippen molar-refractivity contribution in [1.82, 2.24) is 59.6 Å². The second-order valence-corrected chi connectivity index (χ2v) is 31.7. The molecule has 8 aromatic carbocycles. The van der Waals surface area contributed by atoms with Gasteiger partial charge in [0.2, 0.25) is 20.5 Å². The number of carboxylic acid groups (broad SMARTS) is 4.